The zero-order chi connectivity index (χ0) is 18.7. The lowest BCUT2D eigenvalue weighted by atomic mass is 10.0. The molecular weight excluding hydrogens is 369 g/mol. The molecule has 5 heteroatoms. The van der Waals surface area contributed by atoms with Crippen LogP contribution in [0.1, 0.15) is 28.8 Å². The highest BCUT2D eigenvalue weighted by Crippen LogP contribution is 2.25. The minimum atomic E-state index is -0.242. The number of hydrogen-bond acceptors (Lipinski definition) is 2. The Morgan fingerprint density at radius 3 is 2.35 bits per heavy atom. The van der Waals surface area contributed by atoms with Crippen molar-refractivity contribution in [3.05, 3.63) is 75.8 Å². The van der Waals surface area contributed by atoms with Gasteiger partial charge in [0, 0.05) is 24.1 Å². The number of aryl methyl sites for hydroxylation is 1. The van der Waals surface area contributed by atoms with Gasteiger partial charge in [-0.25, -0.2) is 0 Å². The number of hydrogen-bond donors (Lipinski definition) is 1. The highest BCUT2D eigenvalue weighted by Gasteiger charge is 2.11. The predicted octanol–water partition coefficient (Wildman–Crippen LogP) is 6.06. The van der Waals surface area contributed by atoms with Crippen LogP contribution in [0.2, 0.25) is 10.0 Å². The number of fused-ring (bicyclic) bond motifs is 1. The molecule has 3 aromatic carbocycles. The van der Waals surface area contributed by atoms with Gasteiger partial charge in [0.05, 0.1) is 10.0 Å². The lowest BCUT2D eigenvalue weighted by Gasteiger charge is -2.07. The molecule has 0 saturated carbocycles. The van der Waals surface area contributed by atoms with Crippen molar-refractivity contribution >= 4 is 51.4 Å². The van der Waals surface area contributed by atoms with Crippen molar-refractivity contribution in [3.63, 3.8) is 0 Å². The van der Waals surface area contributed by atoms with Crippen LogP contribution in [0.4, 0.5) is 5.69 Å². The summed E-state index contributed by atoms with van der Waals surface area (Å²) in [7, 11) is 0. The normalized spacial score (nSPS) is 10.7. The van der Waals surface area contributed by atoms with Gasteiger partial charge in [-0.1, -0.05) is 59.1 Å². The van der Waals surface area contributed by atoms with Gasteiger partial charge in [0.2, 0.25) is 5.91 Å². The molecule has 0 aliphatic rings. The first-order valence-corrected chi connectivity index (χ1v) is 8.96. The second-order valence-electron chi connectivity index (χ2n) is 6.17. The maximum atomic E-state index is 12.4. The Bertz CT molecular complexity index is 998. The zero-order valence-corrected chi connectivity index (χ0v) is 15.7. The molecule has 132 valence electrons. The summed E-state index contributed by atoms with van der Waals surface area (Å²) < 4.78 is 0. The van der Waals surface area contributed by atoms with Crippen LogP contribution in [0.3, 0.4) is 0 Å². The molecule has 0 aromatic heterocycles. The lowest BCUT2D eigenvalue weighted by Crippen LogP contribution is -2.13. The molecule has 0 atom stereocenters. The summed E-state index contributed by atoms with van der Waals surface area (Å²) >= 11 is 11.8. The van der Waals surface area contributed by atoms with Gasteiger partial charge in [-0.3, -0.25) is 9.59 Å². The Morgan fingerprint density at radius 2 is 1.58 bits per heavy atom. The SMILES string of the molecule is Cc1ccc2cc(C(=O)CCC(=O)Nc3ccc(Cl)c(Cl)c3)ccc2c1. The van der Waals surface area contributed by atoms with Gasteiger partial charge >= 0.3 is 0 Å². The molecule has 0 saturated heterocycles. The Hall–Kier alpha value is -2.36. The molecule has 26 heavy (non-hydrogen) atoms. The number of carbonyl (C=O) groups excluding carboxylic acids is 2. The number of halogens is 2. The first-order valence-electron chi connectivity index (χ1n) is 8.21. The second-order valence-corrected chi connectivity index (χ2v) is 6.98. The Morgan fingerprint density at radius 1 is 0.846 bits per heavy atom. The van der Waals surface area contributed by atoms with Gasteiger partial charge in [0.1, 0.15) is 0 Å². The first-order chi connectivity index (χ1) is 12.4. The quantitative estimate of drug-likeness (QED) is 0.542. The number of amides is 1. The fourth-order valence-corrected chi connectivity index (χ4v) is 3.01. The summed E-state index contributed by atoms with van der Waals surface area (Å²) in [4.78, 5) is 24.4. The molecule has 0 heterocycles. The van der Waals surface area contributed by atoms with Gasteiger partial charge in [-0.05, 0) is 42.0 Å². The molecule has 0 unspecified atom stereocenters. The van der Waals surface area contributed by atoms with Crippen LogP contribution in [0.15, 0.2) is 54.6 Å². The van der Waals surface area contributed by atoms with Crippen LogP contribution < -0.4 is 5.32 Å². The second kappa shape index (κ2) is 7.90. The van der Waals surface area contributed by atoms with Crippen LogP contribution in [0.25, 0.3) is 10.8 Å². The molecule has 0 aliphatic carbocycles. The third kappa shape index (κ3) is 4.43. The fraction of sp³-hybridized carbons (Fsp3) is 0.143. The Balaban J connectivity index is 1.61. The average molecular weight is 386 g/mol. The molecule has 3 nitrogen and oxygen atoms in total. The number of carbonyl (C=O) groups is 2. The number of nitrogens with one attached hydrogen (secondary N) is 1. The van der Waals surface area contributed by atoms with Crippen molar-refractivity contribution in [2.45, 2.75) is 19.8 Å². The van der Waals surface area contributed by atoms with E-state index in [9.17, 15) is 9.59 Å². The highest BCUT2D eigenvalue weighted by atomic mass is 35.5. The lowest BCUT2D eigenvalue weighted by molar-refractivity contribution is -0.116. The number of anilines is 1. The van der Waals surface area contributed by atoms with E-state index in [-0.39, 0.29) is 24.5 Å². The molecule has 0 spiro atoms. The van der Waals surface area contributed by atoms with E-state index in [0.717, 1.165) is 10.8 Å². The topological polar surface area (TPSA) is 46.2 Å². The fourth-order valence-electron chi connectivity index (χ4n) is 2.71. The molecule has 1 amide bonds. The Labute approximate surface area is 161 Å². The summed E-state index contributed by atoms with van der Waals surface area (Å²) in [6.45, 7) is 2.03. The molecule has 3 rings (SSSR count). The van der Waals surface area contributed by atoms with Crippen molar-refractivity contribution in [2.24, 2.45) is 0 Å². The highest BCUT2D eigenvalue weighted by molar-refractivity contribution is 6.42. The van der Waals surface area contributed by atoms with Gasteiger partial charge < -0.3 is 5.32 Å². The molecule has 1 N–H and O–H groups in total. The smallest absolute Gasteiger partial charge is 0.224 e. The van der Waals surface area contributed by atoms with Crippen LogP contribution >= 0.6 is 23.2 Å². The summed E-state index contributed by atoms with van der Waals surface area (Å²) in [5, 5.41) is 5.62. The molecule has 3 aromatic rings. The van der Waals surface area contributed by atoms with E-state index in [4.69, 9.17) is 23.2 Å². The largest absolute Gasteiger partial charge is 0.326 e. The van der Waals surface area contributed by atoms with Crippen molar-refractivity contribution in [1.29, 1.82) is 0 Å². The van der Waals surface area contributed by atoms with E-state index in [1.54, 1.807) is 24.3 Å². The predicted molar refractivity (Wildman–Crippen MR) is 107 cm³/mol. The number of ketones is 1. The average Bonchev–Trinajstić information content (AvgIpc) is 2.62. The van der Waals surface area contributed by atoms with E-state index in [0.29, 0.717) is 21.3 Å². The molecule has 0 bridgehead atoms. The standard InChI is InChI=1S/C21H17Cl2NO2/c1-13-2-3-15-11-16(5-4-14(15)10-13)20(25)8-9-21(26)24-17-6-7-18(22)19(23)12-17/h2-7,10-12H,8-9H2,1H3,(H,24,26). The van der Waals surface area contributed by atoms with Gasteiger partial charge in [-0.15, -0.1) is 0 Å². The van der Waals surface area contributed by atoms with Gasteiger partial charge in [0.15, 0.2) is 5.78 Å². The van der Waals surface area contributed by atoms with Crippen molar-refractivity contribution in [3.8, 4) is 0 Å². The third-order valence-corrected chi connectivity index (χ3v) is 4.84. The van der Waals surface area contributed by atoms with Crippen LogP contribution in [0, 0.1) is 6.92 Å². The van der Waals surface area contributed by atoms with Crippen molar-refractivity contribution in [2.75, 3.05) is 5.32 Å². The van der Waals surface area contributed by atoms with E-state index in [1.807, 2.05) is 31.2 Å². The minimum absolute atomic E-state index is 0.0586. The van der Waals surface area contributed by atoms with Crippen LogP contribution in [0.5, 0.6) is 0 Å². The maximum Gasteiger partial charge on any atom is 0.224 e. The van der Waals surface area contributed by atoms with Crippen molar-refractivity contribution < 1.29 is 9.59 Å². The molecule has 0 fully saturated rings. The monoisotopic (exact) mass is 385 g/mol. The summed E-state index contributed by atoms with van der Waals surface area (Å²) in [5.74, 6) is -0.301. The van der Waals surface area contributed by atoms with E-state index in [1.165, 1.54) is 5.56 Å². The number of benzene rings is 3. The molecule has 0 radical (unpaired) electrons. The van der Waals surface area contributed by atoms with Crippen LogP contribution in [-0.2, 0) is 4.79 Å². The van der Waals surface area contributed by atoms with Gasteiger partial charge in [0.25, 0.3) is 0 Å². The molecular formula is C21H17Cl2NO2. The molecule has 0 aliphatic heterocycles. The number of Topliss-reactive ketones (excluding diaryl/α,β-unsaturated/α-hetero) is 1. The zero-order valence-electron chi connectivity index (χ0n) is 14.2. The van der Waals surface area contributed by atoms with Crippen LogP contribution in [-0.4, -0.2) is 11.7 Å². The van der Waals surface area contributed by atoms with E-state index < -0.39 is 0 Å². The number of rotatable bonds is 5. The van der Waals surface area contributed by atoms with E-state index >= 15 is 0 Å². The third-order valence-electron chi connectivity index (χ3n) is 4.10. The first kappa shape index (κ1) is 18.4. The van der Waals surface area contributed by atoms with E-state index in [2.05, 4.69) is 11.4 Å². The van der Waals surface area contributed by atoms with Gasteiger partial charge in [-0.2, -0.15) is 0 Å². The van der Waals surface area contributed by atoms with Crippen molar-refractivity contribution in [1.82, 2.24) is 0 Å². The Kier molecular flexibility index (Phi) is 5.60. The summed E-state index contributed by atoms with van der Waals surface area (Å²) in [5.41, 5.74) is 2.34. The maximum absolute atomic E-state index is 12.4. The summed E-state index contributed by atoms with van der Waals surface area (Å²) in [6.07, 6.45) is 0.246. The summed E-state index contributed by atoms with van der Waals surface area (Å²) in [6, 6.07) is 16.6. The minimum Gasteiger partial charge on any atom is -0.326 e.